The smallest absolute Gasteiger partial charge is 0.257 e. The zero-order valence-electron chi connectivity index (χ0n) is 13.4. The molecule has 3 rings (SSSR count). The van der Waals surface area contributed by atoms with E-state index in [-0.39, 0.29) is 11.7 Å². The maximum atomic E-state index is 13.2. The molecule has 124 valence electrons. The lowest BCUT2D eigenvalue weighted by Gasteiger charge is -2.09. The fraction of sp³-hybridized carbons (Fsp3) is 0.222. The van der Waals surface area contributed by atoms with Gasteiger partial charge < -0.3 is 4.74 Å². The quantitative estimate of drug-likeness (QED) is 0.728. The highest BCUT2D eigenvalue weighted by atomic mass is 32.1. The normalized spacial score (nSPS) is 11.0. The number of benzene rings is 2. The summed E-state index contributed by atoms with van der Waals surface area (Å²) in [6, 6.07) is 11.4. The van der Waals surface area contributed by atoms with E-state index in [4.69, 9.17) is 4.74 Å². The van der Waals surface area contributed by atoms with Crippen LogP contribution in [0.5, 0.6) is 5.75 Å². The Kier molecular flexibility index (Phi) is 4.76. The maximum absolute atomic E-state index is 13.2. The van der Waals surface area contributed by atoms with Crippen molar-refractivity contribution in [1.29, 1.82) is 0 Å². The van der Waals surface area contributed by atoms with E-state index in [1.165, 1.54) is 23.5 Å². The van der Waals surface area contributed by atoms with Crippen molar-refractivity contribution in [2.75, 3.05) is 11.9 Å². The van der Waals surface area contributed by atoms with Crippen LogP contribution >= 0.6 is 11.3 Å². The molecule has 0 saturated heterocycles. The molecule has 6 heteroatoms. The van der Waals surface area contributed by atoms with E-state index in [0.29, 0.717) is 39.2 Å². The summed E-state index contributed by atoms with van der Waals surface area (Å²) in [6.07, 6.45) is 0. The third kappa shape index (κ3) is 3.89. The van der Waals surface area contributed by atoms with Crippen molar-refractivity contribution in [1.82, 2.24) is 4.98 Å². The third-order valence-electron chi connectivity index (χ3n) is 3.25. The van der Waals surface area contributed by atoms with Crippen molar-refractivity contribution < 1.29 is 13.9 Å². The van der Waals surface area contributed by atoms with Crippen LogP contribution in [-0.4, -0.2) is 17.5 Å². The highest BCUT2D eigenvalue weighted by molar-refractivity contribution is 7.22. The lowest BCUT2D eigenvalue weighted by molar-refractivity contribution is 0.102. The largest absolute Gasteiger partial charge is 0.493 e. The van der Waals surface area contributed by atoms with Gasteiger partial charge in [0.25, 0.3) is 5.91 Å². The van der Waals surface area contributed by atoms with E-state index >= 15 is 0 Å². The number of rotatable bonds is 5. The van der Waals surface area contributed by atoms with E-state index in [1.807, 2.05) is 6.07 Å². The number of hydrogen-bond donors (Lipinski definition) is 1. The number of halogens is 1. The molecule has 0 bridgehead atoms. The van der Waals surface area contributed by atoms with Gasteiger partial charge in [-0.25, -0.2) is 9.37 Å². The molecule has 1 amide bonds. The molecular weight excluding hydrogens is 327 g/mol. The van der Waals surface area contributed by atoms with Gasteiger partial charge in [-0.15, -0.1) is 0 Å². The summed E-state index contributed by atoms with van der Waals surface area (Å²) >= 11 is 1.24. The van der Waals surface area contributed by atoms with Crippen LogP contribution in [0.1, 0.15) is 24.2 Å². The summed E-state index contributed by atoms with van der Waals surface area (Å²) in [4.78, 5) is 16.7. The zero-order chi connectivity index (χ0) is 17.1. The molecule has 0 saturated carbocycles. The SMILES string of the molecule is CC(C)COc1cccc(C(=O)Nc2nc3ccc(F)cc3s2)c1. The minimum absolute atomic E-state index is 0.274. The molecule has 3 aromatic rings. The molecular formula is C18H17FN2O2S. The lowest BCUT2D eigenvalue weighted by atomic mass is 10.2. The standard InChI is InChI=1S/C18H17FN2O2S/c1-11(2)10-23-14-5-3-4-12(8-14)17(22)21-18-20-15-7-6-13(19)9-16(15)24-18/h3-9,11H,10H2,1-2H3,(H,20,21,22). The Hall–Kier alpha value is -2.47. The Balaban J connectivity index is 1.74. The summed E-state index contributed by atoms with van der Waals surface area (Å²) in [6.45, 7) is 4.72. The molecule has 4 nitrogen and oxygen atoms in total. The van der Waals surface area contributed by atoms with Crippen LogP contribution in [0.25, 0.3) is 10.2 Å². The van der Waals surface area contributed by atoms with Crippen molar-refractivity contribution in [2.45, 2.75) is 13.8 Å². The first kappa shape index (κ1) is 16.4. The Morgan fingerprint density at radius 1 is 1.29 bits per heavy atom. The predicted molar refractivity (Wildman–Crippen MR) is 94.3 cm³/mol. The monoisotopic (exact) mass is 344 g/mol. The predicted octanol–water partition coefficient (Wildman–Crippen LogP) is 4.72. The van der Waals surface area contributed by atoms with Crippen LogP contribution in [0.15, 0.2) is 42.5 Å². The number of nitrogens with one attached hydrogen (secondary N) is 1. The molecule has 0 atom stereocenters. The second kappa shape index (κ2) is 6.97. The second-order valence-corrected chi connectivity index (χ2v) is 6.85. The van der Waals surface area contributed by atoms with E-state index < -0.39 is 0 Å². The van der Waals surface area contributed by atoms with Gasteiger partial charge in [-0.05, 0) is 42.3 Å². The van der Waals surface area contributed by atoms with E-state index in [1.54, 1.807) is 24.3 Å². The van der Waals surface area contributed by atoms with Crippen LogP contribution in [-0.2, 0) is 0 Å². The zero-order valence-corrected chi connectivity index (χ0v) is 14.2. The van der Waals surface area contributed by atoms with Crippen molar-refractivity contribution in [3.63, 3.8) is 0 Å². The van der Waals surface area contributed by atoms with Crippen LogP contribution in [0, 0.1) is 11.7 Å². The number of carbonyl (C=O) groups excluding carboxylic acids is 1. The minimum Gasteiger partial charge on any atom is -0.493 e. The number of thiazole rings is 1. The minimum atomic E-state index is -0.320. The number of carbonyl (C=O) groups is 1. The van der Waals surface area contributed by atoms with Crippen molar-refractivity contribution in [3.8, 4) is 5.75 Å². The first-order valence-corrected chi connectivity index (χ1v) is 8.43. The summed E-state index contributed by atoms with van der Waals surface area (Å²) in [7, 11) is 0. The summed E-state index contributed by atoms with van der Waals surface area (Å²) in [5.41, 5.74) is 1.15. The number of hydrogen-bond acceptors (Lipinski definition) is 4. The molecule has 24 heavy (non-hydrogen) atoms. The third-order valence-corrected chi connectivity index (χ3v) is 4.18. The average molecular weight is 344 g/mol. The molecule has 1 aromatic heterocycles. The summed E-state index contributed by atoms with van der Waals surface area (Å²) in [5.74, 6) is 0.469. The van der Waals surface area contributed by atoms with Crippen molar-refractivity contribution in [2.24, 2.45) is 5.92 Å². The molecule has 1 N–H and O–H groups in total. The van der Waals surface area contributed by atoms with Gasteiger partial charge >= 0.3 is 0 Å². The first-order chi connectivity index (χ1) is 11.5. The van der Waals surface area contributed by atoms with E-state index in [9.17, 15) is 9.18 Å². The van der Waals surface area contributed by atoms with E-state index in [2.05, 4.69) is 24.1 Å². The van der Waals surface area contributed by atoms with Crippen molar-refractivity contribution in [3.05, 3.63) is 53.8 Å². The number of nitrogens with zero attached hydrogens (tertiary/aromatic N) is 1. The van der Waals surface area contributed by atoms with Crippen LogP contribution in [0.4, 0.5) is 9.52 Å². The molecule has 0 aliphatic carbocycles. The van der Waals surface area contributed by atoms with Gasteiger partial charge in [0.2, 0.25) is 0 Å². The highest BCUT2D eigenvalue weighted by Gasteiger charge is 2.11. The molecule has 0 fully saturated rings. The Bertz CT molecular complexity index is 876. The molecule has 2 aromatic carbocycles. The van der Waals surface area contributed by atoms with Gasteiger partial charge in [0.05, 0.1) is 16.8 Å². The van der Waals surface area contributed by atoms with Crippen molar-refractivity contribution >= 4 is 32.6 Å². The molecule has 0 unspecified atom stereocenters. The van der Waals surface area contributed by atoms with Gasteiger partial charge in [-0.1, -0.05) is 31.3 Å². The van der Waals surface area contributed by atoms with Gasteiger partial charge in [0, 0.05) is 5.56 Å². The van der Waals surface area contributed by atoms with Crippen LogP contribution in [0.2, 0.25) is 0 Å². The lowest BCUT2D eigenvalue weighted by Crippen LogP contribution is -2.12. The number of fused-ring (bicyclic) bond motifs is 1. The Morgan fingerprint density at radius 2 is 2.12 bits per heavy atom. The topological polar surface area (TPSA) is 51.2 Å². The second-order valence-electron chi connectivity index (χ2n) is 5.82. The van der Waals surface area contributed by atoms with Gasteiger partial charge in [0.1, 0.15) is 11.6 Å². The highest BCUT2D eigenvalue weighted by Crippen LogP contribution is 2.27. The van der Waals surface area contributed by atoms with E-state index in [0.717, 1.165) is 0 Å². The summed E-state index contributed by atoms with van der Waals surface area (Å²) in [5, 5.41) is 3.19. The Morgan fingerprint density at radius 3 is 2.92 bits per heavy atom. The molecule has 1 heterocycles. The number of ether oxygens (including phenoxy) is 1. The molecule has 0 spiro atoms. The van der Waals surface area contributed by atoms with Gasteiger partial charge in [-0.2, -0.15) is 0 Å². The molecule has 0 aliphatic heterocycles. The van der Waals surface area contributed by atoms with Crippen LogP contribution < -0.4 is 10.1 Å². The van der Waals surface area contributed by atoms with Gasteiger partial charge in [0.15, 0.2) is 5.13 Å². The Labute approximate surface area is 143 Å². The number of amides is 1. The van der Waals surface area contributed by atoms with Crippen LogP contribution in [0.3, 0.4) is 0 Å². The first-order valence-electron chi connectivity index (χ1n) is 7.61. The number of anilines is 1. The fourth-order valence-corrected chi connectivity index (χ4v) is 3.00. The number of aromatic nitrogens is 1. The fourth-order valence-electron chi connectivity index (χ4n) is 2.11. The average Bonchev–Trinajstić information content (AvgIpc) is 2.94. The van der Waals surface area contributed by atoms with Gasteiger partial charge in [-0.3, -0.25) is 10.1 Å². The molecule has 0 aliphatic rings. The molecule has 0 radical (unpaired) electrons. The maximum Gasteiger partial charge on any atom is 0.257 e. The summed E-state index contributed by atoms with van der Waals surface area (Å²) < 4.78 is 19.6.